The van der Waals surface area contributed by atoms with Crippen molar-refractivity contribution in [3.8, 4) is 0 Å². The van der Waals surface area contributed by atoms with E-state index < -0.39 is 0 Å². The maximum Gasteiger partial charge on any atom is 0.219 e. The Kier molecular flexibility index (Phi) is 2.83. The maximum absolute atomic E-state index is 11.2. The molecular weight excluding hydrogens is 254 g/mol. The Balaban J connectivity index is 2.08. The maximum atomic E-state index is 11.2. The molecule has 15 heavy (non-hydrogen) atoms. The van der Waals surface area contributed by atoms with Gasteiger partial charge in [0.1, 0.15) is 0 Å². The minimum absolute atomic E-state index is 0.150. The van der Waals surface area contributed by atoms with Gasteiger partial charge in [-0.15, -0.1) is 0 Å². The Morgan fingerprint density at radius 1 is 1.53 bits per heavy atom. The number of likely N-dealkylation sites (N-methyl/N-ethyl adjacent to an activating group) is 1. The van der Waals surface area contributed by atoms with Gasteiger partial charge in [-0.25, -0.2) is 0 Å². The summed E-state index contributed by atoms with van der Waals surface area (Å²) in [6.45, 7) is 1.62. The van der Waals surface area contributed by atoms with E-state index in [0.717, 1.165) is 10.9 Å². The number of hydrogen-bond acceptors (Lipinski definition) is 1. The van der Waals surface area contributed by atoms with Crippen molar-refractivity contribution < 1.29 is 4.79 Å². The molecule has 0 aromatic heterocycles. The topological polar surface area (TPSA) is 20.3 Å². The molecule has 1 aliphatic rings. The Bertz CT molecular complexity index is 391. The molecule has 0 bridgehead atoms. The first-order chi connectivity index (χ1) is 7.09. The predicted octanol–water partition coefficient (Wildman–Crippen LogP) is 2.78. The van der Waals surface area contributed by atoms with Crippen LogP contribution in [0.5, 0.6) is 0 Å². The zero-order valence-electron chi connectivity index (χ0n) is 8.90. The second-order valence-corrected chi connectivity index (χ2v) is 5.01. The third kappa shape index (κ3) is 2.23. The molecule has 0 radical (unpaired) electrons. The van der Waals surface area contributed by atoms with Crippen LogP contribution in [0.2, 0.25) is 0 Å². The van der Waals surface area contributed by atoms with Gasteiger partial charge >= 0.3 is 0 Å². The van der Waals surface area contributed by atoms with E-state index in [1.807, 2.05) is 24.1 Å². The SMILES string of the molecule is CC(=O)N(C)C1CC1c1cccc(Br)c1. The van der Waals surface area contributed by atoms with Crippen molar-refractivity contribution >= 4 is 21.8 Å². The molecule has 1 fully saturated rings. The molecule has 0 saturated heterocycles. The van der Waals surface area contributed by atoms with E-state index in [1.54, 1.807) is 6.92 Å². The van der Waals surface area contributed by atoms with Gasteiger partial charge in [-0.05, 0) is 24.1 Å². The van der Waals surface area contributed by atoms with E-state index in [-0.39, 0.29) is 5.91 Å². The van der Waals surface area contributed by atoms with Crippen molar-refractivity contribution in [3.05, 3.63) is 34.3 Å². The number of nitrogens with zero attached hydrogens (tertiary/aromatic N) is 1. The van der Waals surface area contributed by atoms with Crippen LogP contribution in [-0.4, -0.2) is 23.9 Å². The van der Waals surface area contributed by atoms with Gasteiger partial charge in [0.15, 0.2) is 0 Å². The zero-order valence-corrected chi connectivity index (χ0v) is 10.5. The lowest BCUT2D eigenvalue weighted by molar-refractivity contribution is -0.128. The van der Waals surface area contributed by atoms with Crippen LogP contribution >= 0.6 is 15.9 Å². The minimum Gasteiger partial charge on any atom is -0.342 e. The van der Waals surface area contributed by atoms with E-state index in [0.29, 0.717) is 12.0 Å². The van der Waals surface area contributed by atoms with Crippen molar-refractivity contribution in [2.45, 2.75) is 25.3 Å². The first-order valence-corrected chi connectivity index (χ1v) is 5.87. The molecule has 1 aliphatic carbocycles. The van der Waals surface area contributed by atoms with Gasteiger partial charge in [-0.1, -0.05) is 28.1 Å². The predicted molar refractivity (Wildman–Crippen MR) is 63.7 cm³/mol. The van der Waals surface area contributed by atoms with Gasteiger partial charge in [-0.2, -0.15) is 0 Å². The molecule has 1 aromatic carbocycles. The molecule has 2 atom stereocenters. The lowest BCUT2D eigenvalue weighted by Crippen LogP contribution is -2.26. The van der Waals surface area contributed by atoms with E-state index >= 15 is 0 Å². The van der Waals surface area contributed by atoms with Crippen LogP contribution in [0.4, 0.5) is 0 Å². The fourth-order valence-electron chi connectivity index (χ4n) is 1.94. The van der Waals surface area contributed by atoms with Gasteiger partial charge in [0, 0.05) is 30.4 Å². The fraction of sp³-hybridized carbons (Fsp3) is 0.417. The quantitative estimate of drug-likeness (QED) is 0.807. The number of carbonyl (C=O) groups is 1. The molecule has 3 heteroatoms. The summed E-state index contributed by atoms with van der Waals surface area (Å²) in [6.07, 6.45) is 1.09. The largest absolute Gasteiger partial charge is 0.342 e. The molecule has 2 rings (SSSR count). The molecule has 80 valence electrons. The van der Waals surface area contributed by atoms with Crippen LogP contribution in [0.25, 0.3) is 0 Å². The lowest BCUT2D eigenvalue weighted by atomic mass is 10.1. The second-order valence-electron chi connectivity index (χ2n) is 4.09. The number of rotatable bonds is 2. The van der Waals surface area contributed by atoms with E-state index in [4.69, 9.17) is 0 Å². The molecule has 2 unspecified atom stereocenters. The molecule has 1 saturated carbocycles. The summed E-state index contributed by atoms with van der Waals surface area (Å²) in [7, 11) is 1.88. The average molecular weight is 268 g/mol. The van der Waals surface area contributed by atoms with Crippen molar-refractivity contribution in [3.63, 3.8) is 0 Å². The van der Waals surface area contributed by atoms with E-state index in [1.165, 1.54) is 5.56 Å². The first kappa shape index (κ1) is 10.7. The Morgan fingerprint density at radius 2 is 2.27 bits per heavy atom. The van der Waals surface area contributed by atoms with Crippen LogP contribution in [-0.2, 0) is 4.79 Å². The van der Waals surface area contributed by atoms with Crippen molar-refractivity contribution in [2.75, 3.05) is 7.05 Å². The minimum atomic E-state index is 0.150. The summed E-state index contributed by atoms with van der Waals surface area (Å²) in [5.41, 5.74) is 1.32. The number of amides is 1. The third-order valence-corrected chi connectivity index (χ3v) is 3.52. The first-order valence-electron chi connectivity index (χ1n) is 5.08. The van der Waals surface area contributed by atoms with Crippen LogP contribution in [0.3, 0.4) is 0 Å². The van der Waals surface area contributed by atoms with E-state index in [9.17, 15) is 4.79 Å². The summed E-state index contributed by atoms with van der Waals surface area (Å²) >= 11 is 3.46. The average Bonchev–Trinajstić information content (AvgIpc) is 2.96. The van der Waals surface area contributed by atoms with Crippen LogP contribution in [0, 0.1) is 0 Å². The number of carbonyl (C=O) groups excluding carboxylic acids is 1. The number of hydrogen-bond donors (Lipinski definition) is 0. The van der Waals surface area contributed by atoms with Crippen LogP contribution in [0.15, 0.2) is 28.7 Å². The van der Waals surface area contributed by atoms with Gasteiger partial charge in [0.2, 0.25) is 5.91 Å². The summed E-state index contributed by atoms with van der Waals surface area (Å²) < 4.78 is 1.11. The highest BCUT2D eigenvalue weighted by atomic mass is 79.9. The number of halogens is 1. The molecule has 1 aromatic rings. The monoisotopic (exact) mass is 267 g/mol. The highest BCUT2D eigenvalue weighted by Gasteiger charge is 2.42. The molecule has 0 spiro atoms. The molecule has 0 aliphatic heterocycles. The van der Waals surface area contributed by atoms with Crippen LogP contribution in [0.1, 0.15) is 24.8 Å². The van der Waals surface area contributed by atoms with Crippen molar-refractivity contribution in [1.29, 1.82) is 0 Å². The lowest BCUT2D eigenvalue weighted by Gasteiger charge is -2.14. The molecule has 0 heterocycles. The zero-order chi connectivity index (χ0) is 11.0. The highest BCUT2D eigenvalue weighted by molar-refractivity contribution is 9.10. The standard InChI is InChI=1S/C12H14BrNO/c1-8(15)14(2)12-7-11(12)9-4-3-5-10(13)6-9/h3-6,11-12H,7H2,1-2H3. The summed E-state index contributed by atoms with van der Waals surface area (Å²) in [6, 6.07) is 8.73. The van der Waals surface area contributed by atoms with Gasteiger partial charge in [-0.3, -0.25) is 4.79 Å². The van der Waals surface area contributed by atoms with Gasteiger partial charge < -0.3 is 4.90 Å². The smallest absolute Gasteiger partial charge is 0.219 e. The fourth-order valence-corrected chi connectivity index (χ4v) is 2.36. The molecule has 0 N–H and O–H groups in total. The molecular formula is C12H14BrNO. The highest BCUT2D eigenvalue weighted by Crippen LogP contribution is 2.44. The Labute approximate surface area is 98.4 Å². The second kappa shape index (κ2) is 3.97. The van der Waals surface area contributed by atoms with Crippen LogP contribution < -0.4 is 0 Å². The van der Waals surface area contributed by atoms with Crippen molar-refractivity contribution in [2.24, 2.45) is 0 Å². The van der Waals surface area contributed by atoms with Crippen molar-refractivity contribution in [1.82, 2.24) is 4.90 Å². The summed E-state index contributed by atoms with van der Waals surface area (Å²) in [5, 5.41) is 0. The molecule has 2 nitrogen and oxygen atoms in total. The Morgan fingerprint density at radius 3 is 2.87 bits per heavy atom. The van der Waals surface area contributed by atoms with Gasteiger partial charge in [0.25, 0.3) is 0 Å². The summed E-state index contributed by atoms with van der Waals surface area (Å²) in [5.74, 6) is 0.675. The van der Waals surface area contributed by atoms with E-state index in [2.05, 4.69) is 28.1 Å². The normalized spacial score (nSPS) is 23.7. The number of benzene rings is 1. The van der Waals surface area contributed by atoms with Gasteiger partial charge in [0.05, 0.1) is 0 Å². The summed E-state index contributed by atoms with van der Waals surface area (Å²) in [4.78, 5) is 13.0. The molecule has 1 amide bonds. The Hall–Kier alpha value is -0.830. The third-order valence-electron chi connectivity index (χ3n) is 3.03.